The number of nitrogens with one attached hydrogen (secondary N) is 1. The van der Waals surface area contributed by atoms with Crippen LogP contribution < -0.4 is 5.32 Å². The summed E-state index contributed by atoms with van der Waals surface area (Å²) in [5, 5.41) is 3.30. The van der Waals surface area contributed by atoms with Crippen LogP contribution in [0, 0.1) is 0 Å². The Hall–Kier alpha value is -0.830. The Bertz CT molecular complexity index is 205. The first kappa shape index (κ1) is 5.92. The molecule has 54 valence electrons. The topological polar surface area (TPSA) is 29.9 Å². The van der Waals surface area contributed by atoms with E-state index < -0.39 is 0 Å². The molecule has 1 aromatic heterocycles. The average molecular weight is 137 g/mol. The molecule has 3 nitrogen and oxygen atoms in total. The summed E-state index contributed by atoms with van der Waals surface area (Å²) in [6.07, 6.45) is 5.72. The van der Waals surface area contributed by atoms with Crippen LogP contribution in [0.3, 0.4) is 0 Å². The van der Waals surface area contributed by atoms with Crippen molar-refractivity contribution in [3.8, 4) is 0 Å². The zero-order valence-corrected chi connectivity index (χ0v) is 5.99. The Labute approximate surface area is 60.1 Å². The lowest BCUT2D eigenvalue weighted by Gasteiger charge is -2.36. The Morgan fingerprint density at radius 3 is 3.00 bits per heavy atom. The second kappa shape index (κ2) is 2.09. The fourth-order valence-corrected chi connectivity index (χ4v) is 1.29. The molecule has 0 bridgehead atoms. The summed E-state index contributed by atoms with van der Waals surface area (Å²) in [7, 11) is 0. The molecule has 0 aliphatic carbocycles. The summed E-state index contributed by atoms with van der Waals surface area (Å²) in [4.78, 5) is 3.99. The number of aromatic nitrogens is 2. The molecule has 2 atom stereocenters. The van der Waals surface area contributed by atoms with Crippen LogP contribution >= 0.6 is 0 Å². The van der Waals surface area contributed by atoms with E-state index in [0.29, 0.717) is 12.1 Å². The molecule has 2 heterocycles. The Morgan fingerprint density at radius 2 is 2.60 bits per heavy atom. The van der Waals surface area contributed by atoms with Crippen molar-refractivity contribution in [2.75, 3.05) is 6.54 Å². The molecule has 0 unspecified atom stereocenters. The SMILES string of the molecule is C[C@H]1NC[C@@H]1n1ccnc1. The maximum atomic E-state index is 3.99. The fourth-order valence-electron chi connectivity index (χ4n) is 1.29. The van der Waals surface area contributed by atoms with Crippen LogP contribution in [-0.2, 0) is 0 Å². The zero-order valence-electron chi connectivity index (χ0n) is 5.99. The van der Waals surface area contributed by atoms with E-state index in [4.69, 9.17) is 0 Å². The van der Waals surface area contributed by atoms with Gasteiger partial charge >= 0.3 is 0 Å². The van der Waals surface area contributed by atoms with E-state index in [0.717, 1.165) is 6.54 Å². The highest BCUT2D eigenvalue weighted by Gasteiger charge is 2.26. The lowest BCUT2D eigenvalue weighted by molar-refractivity contribution is 0.252. The van der Waals surface area contributed by atoms with Crippen molar-refractivity contribution in [1.29, 1.82) is 0 Å². The molecule has 0 saturated carbocycles. The van der Waals surface area contributed by atoms with Crippen LogP contribution in [0.4, 0.5) is 0 Å². The van der Waals surface area contributed by atoms with Crippen molar-refractivity contribution in [3.63, 3.8) is 0 Å². The lowest BCUT2D eigenvalue weighted by Crippen LogP contribution is -2.51. The molecule has 1 aliphatic rings. The molecule has 1 aliphatic heterocycles. The van der Waals surface area contributed by atoms with Crippen LogP contribution in [-0.4, -0.2) is 22.1 Å². The number of imidazole rings is 1. The van der Waals surface area contributed by atoms with Gasteiger partial charge in [0.05, 0.1) is 12.4 Å². The minimum absolute atomic E-state index is 0.606. The van der Waals surface area contributed by atoms with Gasteiger partial charge in [-0.15, -0.1) is 0 Å². The second-order valence-electron chi connectivity index (χ2n) is 2.77. The van der Waals surface area contributed by atoms with Crippen LogP contribution in [0.2, 0.25) is 0 Å². The second-order valence-corrected chi connectivity index (χ2v) is 2.77. The summed E-state index contributed by atoms with van der Waals surface area (Å²) in [5.41, 5.74) is 0. The number of rotatable bonds is 1. The summed E-state index contributed by atoms with van der Waals surface area (Å²) >= 11 is 0. The van der Waals surface area contributed by atoms with Gasteiger partial charge < -0.3 is 9.88 Å². The molecule has 0 aromatic carbocycles. The molecular weight excluding hydrogens is 126 g/mol. The Balaban J connectivity index is 2.14. The first-order chi connectivity index (χ1) is 4.88. The van der Waals surface area contributed by atoms with E-state index >= 15 is 0 Å². The molecule has 0 radical (unpaired) electrons. The number of hydrogen-bond acceptors (Lipinski definition) is 2. The highest BCUT2D eigenvalue weighted by atomic mass is 15.2. The fraction of sp³-hybridized carbons (Fsp3) is 0.571. The predicted octanol–water partition coefficient (Wildman–Crippen LogP) is 0.416. The van der Waals surface area contributed by atoms with Gasteiger partial charge in [0.2, 0.25) is 0 Å². The zero-order chi connectivity index (χ0) is 6.97. The third-order valence-corrected chi connectivity index (χ3v) is 2.13. The van der Waals surface area contributed by atoms with E-state index in [9.17, 15) is 0 Å². The maximum absolute atomic E-state index is 3.99. The molecular formula is C7H11N3. The van der Waals surface area contributed by atoms with E-state index in [1.807, 2.05) is 18.7 Å². The van der Waals surface area contributed by atoms with Crippen LogP contribution in [0.5, 0.6) is 0 Å². The van der Waals surface area contributed by atoms with Crippen LogP contribution in [0.1, 0.15) is 13.0 Å². The third-order valence-electron chi connectivity index (χ3n) is 2.13. The van der Waals surface area contributed by atoms with Gasteiger partial charge in [-0.25, -0.2) is 4.98 Å². The predicted molar refractivity (Wildman–Crippen MR) is 38.7 cm³/mol. The minimum Gasteiger partial charge on any atom is -0.332 e. The standard InChI is InChI=1S/C7H11N3/c1-6-7(4-9-6)10-3-2-8-5-10/h2-3,5-7,9H,4H2,1H3/t6-,7+/m1/s1. The van der Waals surface area contributed by atoms with Crippen LogP contribution in [0.25, 0.3) is 0 Å². The molecule has 0 amide bonds. The minimum atomic E-state index is 0.606. The van der Waals surface area contributed by atoms with Crippen molar-refractivity contribution in [2.24, 2.45) is 0 Å². The van der Waals surface area contributed by atoms with Gasteiger partial charge in [0.25, 0.3) is 0 Å². The normalized spacial score (nSPS) is 31.7. The first-order valence-electron chi connectivity index (χ1n) is 3.59. The van der Waals surface area contributed by atoms with Crippen molar-refractivity contribution < 1.29 is 0 Å². The third kappa shape index (κ3) is 0.743. The number of hydrogen-bond donors (Lipinski definition) is 1. The summed E-state index contributed by atoms with van der Waals surface area (Å²) < 4.78 is 2.15. The van der Waals surface area contributed by atoms with Crippen molar-refractivity contribution in [2.45, 2.75) is 19.0 Å². The molecule has 1 N–H and O–H groups in total. The van der Waals surface area contributed by atoms with Gasteiger partial charge in [-0.2, -0.15) is 0 Å². The highest BCUT2D eigenvalue weighted by molar-refractivity contribution is 4.93. The molecule has 1 saturated heterocycles. The quantitative estimate of drug-likeness (QED) is 0.607. The van der Waals surface area contributed by atoms with Gasteiger partial charge in [0, 0.05) is 25.0 Å². The van der Waals surface area contributed by atoms with Gasteiger partial charge in [-0.1, -0.05) is 0 Å². The van der Waals surface area contributed by atoms with Gasteiger partial charge in [0.15, 0.2) is 0 Å². The van der Waals surface area contributed by atoms with Crippen LogP contribution in [0.15, 0.2) is 18.7 Å². The lowest BCUT2D eigenvalue weighted by atomic mass is 10.0. The molecule has 1 fully saturated rings. The smallest absolute Gasteiger partial charge is 0.0949 e. The monoisotopic (exact) mass is 137 g/mol. The van der Waals surface area contributed by atoms with E-state index in [1.165, 1.54) is 0 Å². The molecule has 1 aromatic rings. The summed E-state index contributed by atoms with van der Waals surface area (Å²) in [6, 6.07) is 1.23. The van der Waals surface area contributed by atoms with Crippen molar-refractivity contribution in [3.05, 3.63) is 18.7 Å². The van der Waals surface area contributed by atoms with Gasteiger partial charge in [-0.05, 0) is 6.92 Å². The molecule has 10 heavy (non-hydrogen) atoms. The summed E-state index contributed by atoms with van der Waals surface area (Å²) in [5.74, 6) is 0. The van der Waals surface area contributed by atoms with Crippen molar-refractivity contribution in [1.82, 2.24) is 14.9 Å². The Kier molecular flexibility index (Phi) is 1.24. The van der Waals surface area contributed by atoms with Gasteiger partial charge in [0.1, 0.15) is 0 Å². The molecule has 3 heteroatoms. The van der Waals surface area contributed by atoms with E-state index in [1.54, 1.807) is 0 Å². The Morgan fingerprint density at radius 1 is 1.70 bits per heavy atom. The summed E-state index contributed by atoms with van der Waals surface area (Å²) in [6.45, 7) is 3.27. The first-order valence-corrected chi connectivity index (χ1v) is 3.59. The van der Waals surface area contributed by atoms with Gasteiger partial charge in [-0.3, -0.25) is 0 Å². The van der Waals surface area contributed by atoms with E-state index in [2.05, 4.69) is 21.8 Å². The molecule has 0 spiro atoms. The largest absolute Gasteiger partial charge is 0.332 e. The maximum Gasteiger partial charge on any atom is 0.0949 e. The van der Waals surface area contributed by atoms with E-state index in [-0.39, 0.29) is 0 Å². The molecule has 2 rings (SSSR count). The number of nitrogens with zero attached hydrogens (tertiary/aromatic N) is 2. The highest BCUT2D eigenvalue weighted by Crippen LogP contribution is 2.17. The van der Waals surface area contributed by atoms with Crippen molar-refractivity contribution >= 4 is 0 Å². The average Bonchev–Trinajstić information content (AvgIpc) is 2.37.